The molecule has 3 N–H and O–H groups in total. The first-order valence-electron chi connectivity index (χ1n) is 9.60. The van der Waals surface area contributed by atoms with Crippen LogP contribution in [0.3, 0.4) is 0 Å². The Morgan fingerprint density at radius 3 is 2.11 bits per heavy atom. The fourth-order valence-corrected chi connectivity index (χ4v) is 2.84. The Morgan fingerprint density at radius 2 is 1.71 bits per heavy atom. The van der Waals surface area contributed by atoms with Crippen LogP contribution in [0, 0.1) is 11.3 Å². The van der Waals surface area contributed by atoms with Gasteiger partial charge in [0.15, 0.2) is 0 Å². The number of hydrogen-bond acceptors (Lipinski definition) is 5. The highest BCUT2D eigenvalue weighted by atomic mass is 16.5. The molecule has 8 heteroatoms. The maximum atomic E-state index is 13.3. The van der Waals surface area contributed by atoms with Gasteiger partial charge in [0.2, 0.25) is 5.91 Å². The Kier molecular flexibility index (Phi) is 10.2. The van der Waals surface area contributed by atoms with E-state index < -0.39 is 29.7 Å². The summed E-state index contributed by atoms with van der Waals surface area (Å²) >= 11 is 0. The number of ether oxygens (including phenoxy) is 1. The van der Waals surface area contributed by atoms with Gasteiger partial charge in [-0.05, 0) is 32.1 Å². The number of carboxylic acid groups (broad SMARTS) is 1. The molecule has 28 heavy (non-hydrogen) atoms. The van der Waals surface area contributed by atoms with Crippen molar-refractivity contribution < 1.29 is 24.2 Å². The summed E-state index contributed by atoms with van der Waals surface area (Å²) in [6.45, 7) is 15.0. The fraction of sp³-hybridized carbons (Fsp3) is 0.750. The van der Waals surface area contributed by atoms with E-state index in [1.807, 2.05) is 34.6 Å². The predicted molar refractivity (Wildman–Crippen MR) is 109 cm³/mol. The molecule has 0 radical (unpaired) electrons. The monoisotopic (exact) mass is 399 g/mol. The summed E-state index contributed by atoms with van der Waals surface area (Å²) in [5.74, 6) is -0.523. The van der Waals surface area contributed by atoms with E-state index >= 15 is 0 Å². The molecule has 0 saturated heterocycles. The molecule has 0 aromatic carbocycles. The van der Waals surface area contributed by atoms with Gasteiger partial charge < -0.3 is 20.1 Å². The second-order valence-electron chi connectivity index (χ2n) is 8.39. The van der Waals surface area contributed by atoms with E-state index in [-0.39, 0.29) is 24.5 Å². The summed E-state index contributed by atoms with van der Waals surface area (Å²) < 4.78 is 5.03. The van der Waals surface area contributed by atoms with Gasteiger partial charge in [0, 0.05) is 12.6 Å². The minimum absolute atomic E-state index is 0.0634. The number of nitrogens with one attached hydrogen (secondary N) is 2. The lowest BCUT2D eigenvalue weighted by Gasteiger charge is -2.38. The zero-order valence-corrected chi connectivity index (χ0v) is 18.6. The first kappa shape index (κ1) is 25.9. The molecule has 0 aromatic heterocycles. The summed E-state index contributed by atoms with van der Waals surface area (Å²) in [6, 6.07) is -0.941. The van der Waals surface area contributed by atoms with Crippen molar-refractivity contribution in [2.75, 3.05) is 13.7 Å². The molecule has 0 spiro atoms. The van der Waals surface area contributed by atoms with Crippen molar-refractivity contribution in [3.05, 3.63) is 11.6 Å². The van der Waals surface area contributed by atoms with Crippen molar-refractivity contribution in [3.8, 4) is 0 Å². The van der Waals surface area contributed by atoms with E-state index in [2.05, 4.69) is 10.6 Å². The third-order valence-corrected chi connectivity index (χ3v) is 4.37. The van der Waals surface area contributed by atoms with Crippen LogP contribution in [0.1, 0.15) is 55.4 Å². The van der Waals surface area contributed by atoms with Gasteiger partial charge in [-0.25, -0.2) is 9.59 Å². The van der Waals surface area contributed by atoms with Crippen molar-refractivity contribution in [2.24, 2.45) is 11.3 Å². The average molecular weight is 400 g/mol. The highest BCUT2D eigenvalue weighted by Gasteiger charge is 2.36. The zero-order chi connectivity index (χ0) is 22.2. The predicted octanol–water partition coefficient (Wildman–Crippen LogP) is 2.60. The van der Waals surface area contributed by atoms with Crippen LogP contribution >= 0.6 is 0 Å². The molecule has 0 heterocycles. The number of esters is 1. The Labute approximate surface area is 168 Å². The van der Waals surface area contributed by atoms with Crippen LogP contribution in [0.15, 0.2) is 11.6 Å². The third-order valence-electron chi connectivity index (χ3n) is 4.37. The SMILES string of the molecule is CCOC(=O)/C(C)=C/[C@H](C(C)C)N(C)C(=O)[C@@H](NC(C)NC(=O)O)C(C)(C)C. The Balaban J connectivity index is 5.65. The van der Waals surface area contributed by atoms with Crippen molar-refractivity contribution in [2.45, 2.75) is 73.6 Å². The fourth-order valence-electron chi connectivity index (χ4n) is 2.84. The molecule has 1 unspecified atom stereocenters. The van der Waals surface area contributed by atoms with Gasteiger partial charge >= 0.3 is 12.1 Å². The first-order valence-corrected chi connectivity index (χ1v) is 9.60. The molecule has 0 saturated carbocycles. The summed E-state index contributed by atoms with van der Waals surface area (Å²) in [5.41, 5.74) is -0.0114. The molecule has 8 nitrogen and oxygen atoms in total. The Morgan fingerprint density at radius 1 is 1.18 bits per heavy atom. The lowest BCUT2D eigenvalue weighted by molar-refractivity contribution is -0.139. The first-order chi connectivity index (χ1) is 12.7. The summed E-state index contributed by atoms with van der Waals surface area (Å²) in [4.78, 5) is 37.7. The standard InChI is InChI=1S/C20H37N3O5/c1-10-28-18(25)13(4)11-15(12(2)3)23(9)17(24)16(20(6,7)8)21-14(5)22-19(26)27/h11-12,14-16,21-22H,10H2,1-9H3,(H,26,27)/b13-11+/t14?,15-,16-/m1/s1. The largest absolute Gasteiger partial charge is 0.465 e. The number of nitrogens with zero attached hydrogens (tertiary/aromatic N) is 1. The minimum atomic E-state index is -1.17. The number of likely N-dealkylation sites (N-methyl/N-ethyl adjacent to an activating group) is 1. The number of carbonyl (C=O) groups is 3. The van der Waals surface area contributed by atoms with E-state index in [9.17, 15) is 14.4 Å². The highest BCUT2D eigenvalue weighted by molar-refractivity contribution is 5.88. The van der Waals surface area contributed by atoms with E-state index in [1.54, 1.807) is 38.8 Å². The van der Waals surface area contributed by atoms with Gasteiger partial charge in [-0.3, -0.25) is 10.1 Å². The van der Waals surface area contributed by atoms with Gasteiger partial charge in [-0.2, -0.15) is 0 Å². The number of rotatable bonds is 9. The van der Waals surface area contributed by atoms with E-state index in [1.165, 1.54) is 0 Å². The van der Waals surface area contributed by atoms with Gasteiger partial charge in [0.1, 0.15) is 0 Å². The molecule has 0 aromatic rings. The van der Waals surface area contributed by atoms with E-state index in [4.69, 9.17) is 9.84 Å². The van der Waals surface area contributed by atoms with Gasteiger partial charge in [-0.1, -0.05) is 40.7 Å². The third kappa shape index (κ3) is 8.29. The molecule has 162 valence electrons. The molecule has 0 aliphatic rings. The number of carbonyl (C=O) groups excluding carboxylic acids is 2. The lowest BCUT2D eigenvalue weighted by Crippen LogP contribution is -2.59. The van der Waals surface area contributed by atoms with Crippen LogP contribution in [-0.4, -0.2) is 59.9 Å². The quantitative estimate of drug-likeness (QED) is 0.312. The van der Waals surface area contributed by atoms with Crippen LogP contribution in [0.2, 0.25) is 0 Å². The van der Waals surface area contributed by atoms with Crippen LogP contribution in [0.25, 0.3) is 0 Å². The van der Waals surface area contributed by atoms with Crippen LogP contribution in [0.5, 0.6) is 0 Å². The van der Waals surface area contributed by atoms with Gasteiger partial charge in [0.05, 0.1) is 24.9 Å². The van der Waals surface area contributed by atoms with E-state index in [0.717, 1.165) is 0 Å². The Hall–Kier alpha value is -2.09. The summed E-state index contributed by atoms with van der Waals surface area (Å²) in [6.07, 6.45) is -0.0194. The van der Waals surface area contributed by atoms with Crippen molar-refractivity contribution in [1.29, 1.82) is 0 Å². The van der Waals surface area contributed by atoms with Crippen LogP contribution in [-0.2, 0) is 14.3 Å². The molecule has 0 aliphatic carbocycles. The van der Waals surface area contributed by atoms with Crippen LogP contribution in [0.4, 0.5) is 4.79 Å². The second kappa shape index (κ2) is 11.0. The van der Waals surface area contributed by atoms with Crippen molar-refractivity contribution in [1.82, 2.24) is 15.5 Å². The Bertz CT molecular complexity index is 581. The maximum absolute atomic E-state index is 13.3. The van der Waals surface area contributed by atoms with Gasteiger partial charge in [0.25, 0.3) is 0 Å². The molecule has 3 atom stereocenters. The van der Waals surface area contributed by atoms with Crippen molar-refractivity contribution in [3.63, 3.8) is 0 Å². The van der Waals surface area contributed by atoms with Crippen molar-refractivity contribution >= 4 is 18.0 Å². The number of hydrogen-bond donors (Lipinski definition) is 3. The molecule has 0 bridgehead atoms. The molecule has 2 amide bonds. The topological polar surface area (TPSA) is 108 Å². The average Bonchev–Trinajstić information content (AvgIpc) is 2.54. The molecule has 0 fully saturated rings. The summed E-state index contributed by atoms with van der Waals surface area (Å²) in [7, 11) is 1.69. The minimum Gasteiger partial charge on any atom is -0.465 e. The van der Waals surface area contributed by atoms with Crippen LogP contribution < -0.4 is 10.6 Å². The normalized spacial score (nSPS) is 15.6. The summed E-state index contributed by atoms with van der Waals surface area (Å²) in [5, 5.41) is 14.3. The highest BCUT2D eigenvalue weighted by Crippen LogP contribution is 2.24. The van der Waals surface area contributed by atoms with E-state index in [0.29, 0.717) is 5.57 Å². The smallest absolute Gasteiger partial charge is 0.405 e. The molecule has 0 rings (SSSR count). The number of amides is 2. The molecular weight excluding hydrogens is 362 g/mol. The van der Waals surface area contributed by atoms with Gasteiger partial charge in [-0.15, -0.1) is 0 Å². The zero-order valence-electron chi connectivity index (χ0n) is 18.6. The second-order valence-corrected chi connectivity index (χ2v) is 8.39. The molecular formula is C20H37N3O5. The lowest BCUT2D eigenvalue weighted by atomic mass is 9.85. The molecule has 0 aliphatic heterocycles. The maximum Gasteiger partial charge on any atom is 0.405 e.